The second-order valence-electron chi connectivity index (χ2n) is 5.38. The highest BCUT2D eigenvalue weighted by Gasteiger charge is 2.23. The second kappa shape index (κ2) is 6.16. The van der Waals surface area contributed by atoms with Gasteiger partial charge in [0.25, 0.3) is 0 Å². The third-order valence-corrected chi connectivity index (χ3v) is 3.73. The van der Waals surface area contributed by atoms with Crippen molar-refractivity contribution < 1.29 is 18.7 Å². The van der Waals surface area contributed by atoms with Crippen molar-refractivity contribution in [3.63, 3.8) is 0 Å². The van der Waals surface area contributed by atoms with Crippen LogP contribution in [0.3, 0.4) is 0 Å². The molecule has 1 aromatic heterocycles. The molecule has 0 amide bonds. The molecule has 24 heavy (non-hydrogen) atoms. The van der Waals surface area contributed by atoms with Crippen LogP contribution in [-0.2, 0) is 4.79 Å². The molecule has 0 spiro atoms. The van der Waals surface area contributed by atoms with Crippen molar-refractivity contribution in [1.82, 2.24) is 4.57 Å². The fourth-order valence-corrected chi connectivity index (χ4v) is 2.42. The number of fused-ring (bicyclic) bond motifs is 1. The Morgan fingerprint density at radius 3 is 2.42 bits per heavy atom. The van der Waals surface area contributed by atoms with Crippen molar-refractivity contribution >= 4 is 22.9 Å². The van der Waals surface area contributed by atoms with Gasteiger partial charge in [-0.25, -0.2) is 9.59 Å². The van der Waals surface area contributed by atoms with Gasteiger partial charge in [-0.15, -0.1) is 0 Å². The van der Waals surface area contributed by atoms with Gasteiger partial charge in [0.05, 0.1) is 5.52 Å². The Kier molecular flexibility index (Phi) is 4.04. The molecule has 0 radical (unpaired) electrons. The van der Waals surface area contributed by atoms with E-state index in [0.717, 1.165) is 0 Å². The highest BCUT2D eigenvalue weighted by Crippen LogP contribution is 2.19. The van der Waals surface area contributed by atoms with E-state index in [1.165, 1.54) is 23.6 Å². The van der Waals surface area contributed by atoms with E-state index < -0.39 is 17.8 Å². The highest BCUT2D eigenvalue weighted by atomic mass is 16.5. The third-order valence-electron chi connectivity index (χ3n) is 3.73. The van der Waals surface area contributed by atoms with Gasteiger partial charge in [-0.2, -0.15) is 0 Å². The van der Waals surface area contributed by atoms with Crippen molar-refractivity contribution in [2.24, 2.45) is 0 Å². The number of Topliss-reactive ketones (excluding diaryl/α,β-unsaturated/α-hetero) is 1. The topological polar surface area (TPSA) is 78.5 Å². The van der Waals surface area contributed by atoms with Crippen LogP contribution in [0, 0.1) is 0 Å². The highest BCUT2D eigenvalue weighted by molar-refractivity contribution is 5.94. The van der Waals surface area contributed by atoms with Gasteiger partial charge in [-0.1, -0.05) is 12.1 Å². The van der Waals surface area contributed by atoms with Crippen molar-refractivity contribution in [2.45, 2.75) is 19.9 Å². The molecular weight excluding hydrogens is 310 g/mol. The Bertz CT molecular complexity index is 965. The summed E-state index contributed by atoms with van der Waals surface area (Å²) in [4.78, 5) is 35.6. The van der Waals surface area contributed by atoms with Gasteiger partial charge in [-0.3, -0.25) is 9.36 Å². The lowest BCUT2D eigenvalue weighted by Gasteiger charge is -2.12. The zero-order chi connectivity index (χ0) is 17.3. The maximum absolute atomic E-state index is 12.3. The van der Waals surface area contributed by atoms with E-state index in [9.17, 15) is 14.4 Å². The number of carbonyl (C=O) groups excluding carboxylic acids is 2. The van der Waals surface area contributed by atoms with Gasteiger partial charge < -0.3 is 9.15 Å². The predicted octanol–water partition coefficient (Wildman–Crippen LogP) is 2.96. The number of rotatable bonds is 4. The number of para-hydroxylation sites is 2. The van der Waals surface area contributed by atoms with E-state index in [-0.39, 0.29) is 5.78 Å². The molecule has 1 atom stereocenters. The summed E-state index contributed by atoms with van der Waals surface area (Å²) in [5, 5.41) is 0. The lowest BCUT2D eigenvalue weighted by Crippen LogP contribution is -2.28. The van der Waals surface area contributed by atoms with Crippen LogP contribution in [0.2, 0.25) is 0 Å². The van der Waals surface area contributed by atoms with Crippen LogP contribution < -0.4 is 10.5 Å². The van der Waals surface area contributed by atoms with Gasteiger partial charge in [0, 0.05) is 5.56 Å². The van der Waals surface area contributed by atoms with E-state index in [1.54, 1.807) is 43.3 Å². The predicted molar refractivity (Wildman–Crippen MR) is 87.3 cm³/mol. The Balaban J connectivity index is 1.85. The Morgan fingerprint density at radius 1 is 1.08 bits per heavy atom. The van der Waals surface area contributed by atoms with Gasteiger partial charge in [0.2, 0.25) is 0 Å². The van der Waals surface area contributed by atoms with Crippen molar-refractivity contribution in [2.75, 3.05) is 0 Å². The van der Waals surface area contributed by atoms with E-state index in [0.29, 0.717) is 22.4 Å². The zero-order valence-corrected chi connectivity index (χ0v) is 13.2. The number of hydrogen-bond donors (Lipinski definition) is 0. The number of esters is 1. The van der Waals surface area contributed by atoms with Crippen LogP contribution in [0.1, 0.15) is 30.2 Å². The second-order valence-corrected chi connectivity index (χ2v) is 5.38. The first-order valence-electron chi connectivity index (χ1n) is 7.40. The number of ketones is 1. The first-order chi connectivity index (χ1) is 11.5. The summed E-state index contributed by atoms with van der Waals surface area (Å²) in [5.74, 6) is -0.984. The number of carbonyl (C=O) groups is 2. The van der Waals surface area contributed by atoms with Crippen molar-refractivity contribution in [3.8, 4) is 5.75 Å². The van der Waals surface area contributed by atoms with Gasteiger partial charge >= 0.3 is 11.7 Å². The summed E-state index contributed by atoms with van der Waals surface area (Å²) in [6.45, 7) is 3.02. The minimum atomic E-state index is -0.853. The number of ether oxygens (including phenoxy) is 1. The van der Waals surface area contributed by atoms with Crippen LogP contribution in [0.5, 0.6) is 5.75 Å². The monoisotopic (exact) mass is 325 g/mol. The number of hydrogen-bond acceptors (Lipinski definition) is 5. The van der Waals surface area contributed by atoms with E-state index in [2.05, 4.69) is 0 Å². The first-order valence-corrected chi connectivity index (χ1v) is 7.40. The Hall–Kier alpha value is -3.15. The lowest BCUT2D eigenvalue weighted by molar-refractivity contribution is -0.137. The lowest BCUT2D eigenvalue weighted by atomic mass is 10.1. The van der Waals surface area contributed by atoms with E-state index >= 15 is 0 Å². The molecule has 1 heterocycles. The zero-order valence-electron chi connectivity index (χ0n) is 13.2. The summed E-state index contributed by atoms with van der Waals surface area (Å²) < 4.78 is 11.7. The van der Waals surface area contributed by atoms with Gasteiger partial charge in [0.15, 0.2) is 11.4 Å². The molecule has 1 unspecified atom stereocenters. The minimum absolute atomic E-state index is 0.0716. The fraction of sp³-hybridized carbons (Fsp3) is 0.167. The summed E-state index contributed by atoms with van der Waals surface area (Å²) in [6, 6.07) is 12.2. The minimum Gasteiger partial charge on any atom is -0.425 e. The fourth-order valence-electron chi connectivity index (χ4n) is 2.42. The van der Waals surface area contributed by atoms with E-state index in [4.69, 9.17) is 9.15 Å². The number of benzene rings is 2. The van der Waals surface area contributed by atoms with Crippen LogP contribution in [0.15, 0.2) is 57.7 Å². The summed E-state index contributed by atoms with van der Waals surface area (Å²) in [7, 11) is 0. The quantitative estimate of drug-likeness (QED) is 0.418. The van der Waals surface area contributed by atoms with Gasteiger partial charge in [-0.05, 0) is 50.2 Å². The first kappa shape index (κ1) is 15.7. The van der Waals surface area contributed by atoms with Crippen LogP contribution in [-0.4, -0.2) is 16.3 Å². The molecule has 6 heteroatoms. The maximum Gasteiger partial charge on any atom is 0.420 e. The molecule has 0 aliphatic rings. The molecule has 0 fully saturated rings. The average Bonchev–Trinajstić information content (AvgIpc) is 2.90. The van der Waals surface area contributed by atoms with E-state index in [1.807, 2.05) is 0 Å². The molecule has 3 aromatic rings. The Labute approximate surface area is 137 Å². The SMILES string of the molecule is CC(=O)c1ccc(OC(=O)C(C)n2c(=O)oc3ccccc32)cc1. The summed E-state index contributed by atoms with van der Waals surface area (Å²) >= 11 is 0. The molecule has 2 aromatic carbocycles. The molecule has 0 aliphatic carbocycles. The van der Waals surface area contributed by atoms with Crippen molar-refractivity contribution in [3.05, 3.63) is 64.6 Å². The molecular formula is C18H15NO5. The van der Waals surface area contributed by atoms with Crippen LogP contribution in [0.4, 0.5) is 0 Å². The average molecular weight is 325 g/mol. The Morgan fingerprint density at radius 2 is 1.75 bits per heavy atom. The molecule has 122 valence electrons. The summed E-state index contributed by atoms with van der Waals surface area (Å²) in [6.07, 6.45) is 0. The molecule has 6 nitrogen and oxygen atoms in total. The smallest absolute Gasteiger partial charge is 0.420 e. The number of aromatic nitrogens is 1. The maximum atomic E-state index is 12.3. The molecule has 0 N–H and O–H groups in total. The molecule has 0 saturated carbocycles. The molecule has 0 saturated heterocycles. The molecule has 3 rings (SSSR count). The number of oxazole rings is 1. The standard InChI is InChI=1S/C18H15NO5/c1-11(19-15-5-3-4-6-16(15)24-18(19)22)17(21)23-14-9-7-13(8-10-14)12(2)20/h3-11H,1-2H3. The third kappa shape index (κ3) is 2.86. The van der Waals surface area contributed by atoms with Gasteiger partial charge in [0.1, 0.15) is 11.8 Å². The molecule has 0 aliphatic heterocycles. The summed E-state index contributed by atoms with van der Waals surface area (Å²) in [5.41, 5.74) is 1.46. The number of nitrogens with zero attached hydrogens (tertiary/aromatic N) is 1. The molecule has 0 bridgehead atoms. The van der Waals surface area contributed by atoms with Crippen molar-refractivity contribution in [1.29, 1.82) is 0 Å². The normalized spacial score (nSPS) is 12.1. The van der Waals surface area contributed by atoms with Crippen LogP contribution in [0.25, 0.3) is 11.1 Å². The van der Waals surface area contributed by atoms with Crippen LogP contribution >= 0.6 is 0 Å². The largest absolute Gasteiger partial charge is 0.425 e.